The SMILES string of the molecule is O=[N+]([O-])c1ccc(-c2nc3ncncc3[nH]2)cc1. The summed E-state index contributed by atoms with van der Waals surface area (Å²) in [4.78, 5) is 25.3. The van der Waals surface area contributed by atoms with Crippen LogP contribution in [0.2, 0.25) is 0 Å². The number of benzene rings is 1. The number of rotatable bonds is 2. The Labute approximate surface area is 101 Å². The van der Waals surface area contributed by atoms with Crippen LogP contribution in [0, 0.1) is 10.1 Å². The summed E-state index contributed by atoms with van der Waals surface area (Å²) in [5, 5.41) is 10.6. The van der Waals surface area contributed by atoms with Gasteiger partial charge in [0.25, 0.3) is 5.69 Å². The van der Waals surface area contributed by atoms with E-state index in [0.717, 1.165) is 11.1 Å². The zero-order valence-corrected chi connectivity index (χ0v) is 9.07. The van der Waals surface area contributed by atoms with Crippen LogP contribution in [-0.4, -0.2) is 24.9 Å². The Hall–Kier alpha value is -2.83. The molecule has 3 aromatic rings. The van der Waals surface area contributed by atoms with E-state index >= 15 is 0 Å². The van der Waals surface area contributed by atoms with Gasteiger partial charge in [-0.3, -0.25) is 10.1 Å². The van der Waals surface area contributed by atoms with Gasteiger partial charge in [0.05, 0.1) is 11.1 Å². The standard InChI is InChI=1S/C11H7N5O2/c17-16(18)8-3-1-7(2-4-8)10-14-9-5-12-6-13-11(9)15-10/h1-6H,(H,12,13,14,15). The zero-order valence-electron chi connectivity index (χ0n) is 9.07. The van der Waals surface area contributed by atoms with Crippen LogP contribution in [-0.2, 0) is 0 Å². The van der Waals surface area contributed by atoms with Crippen LogP contribution in [0.5, 0.6) is 0 Å². The van der Waals surface area contributed by atoms with Crippen molar-refractivity contribution < 1.29 is 4.92 Å². The van der Waals surface area contributed by atoms with E-state index in [1.165, 1.54) is 18.5 Å². The third-order valence-electron chi connectivity index (χ3n) is 2.51. The Morgan fingerprint density at radius 2 is 2.00 bits per heavy atom. The minimum absolute atomic E-state index is 0.0506. The molecule has 0 aliphatic carbocycles. The van der Waals surface area contributed by atoms with Crippen molar-refractivity contribution in [2.24, 2.45) is 0 Å². The van der Waals surface area contributed by atoms with Gasteiger partial charge in [0.2, 0.25) is 0 Å². The van der Waals surface area contributed by atoms with Crippen LogP contribution in [0.25, 0.3) is 22.6 Å². The summed E-state index contributed by atoms with van der Waals surface area (Å²) in [5.41, 5.74) is 2.11. The summed E-state index contributed by atoms with van der Waals surface area (Å²) in [6.45, 7) is 0. The van der Waals surface area contributed by atoms with Crippen LogP contribution in [0.4, 0.5) is 5.69 Å². The highest BCUT2D eigenvalue weighted by Crippen LogP contribution is 2.21. The number of aromatic amines is 1. The molecule has 1 aromatic carbocycles. The Morgan fingerprint density at radius 1 is 1.22 bits per heavy atom. The van der Waals surface area contributed by atoms with E-state index in [1.54, 1.807) is 18.3 Å². The predicted molar refractivity (Wildman–Crippen MR) is 63.8 cm³/mol. The summed E-state index contributed by atoms with van der Waals surface area (Å²) in [5.74, 6) is 0.611. The van der Waals surface area contributed by atoms with Crippen molar-refractivity contribution in [3.8, 4) is 11.4 Å². The molecular weight excluding hydrogens is 234 g/mol. The minimum Gasteiger partial charge on any atom is -0.335 e. The second kappa shape index (κ2) is 3.88. The number of nitro benzene ring substituents is 1. The molecule has 0 unspecified atom stereocenters. The van der Waals surface area contributed by atoms with Gasteiger partial charge < -0.3 is 4.98 Å². The van der Waals surface area contributed by atoms with E-state index in [9.17, 15) is 10.1 Å². The smallest absolute Gasteiger partial charge is 0.269 e. The fourth-order valence-electron chi connectivity index (χ4n) is 1.64. The number of nitrogens with one attached hydrogen (secondary N) is 1. The van der Waals surface area contributed by atoms with Crippen LogP contribution in [0.3, 0.4) is 0 Å². The summed E-state index contributed by atoms with van der Waals surface area (Å²) >= 11 is 0. The maximum Gasteiger partial charge on any atom is 0.269 e. The molecule has 7 nitrogen and oxygen atoms in total. The van der Waals surface area contributed by atoms with E-state index in [0.29, 0.717) is 11.5 Å². The highest BCUT2D eigenvalue weighted by atomic mass is 16.6. The van der Waals surface area contributed by atoms with Gasteiger partial charge in [-0.05, 0) is 12.1 Å². The van der Waals surface area contributed by atoms with Gasteiger partial charge in [-0.15, -0.1) is 0 Å². The van der Waals surface area contributed by atoms with E-state index < -0.39 is 4.92 Å². The lowest BCUT2D eigenvalue weighted by molar-refractivity contribution is -0.384. The molecule has 0 spiro atoms. The van der Waals surface area contributed by atoms with Crippen molar-refractivity contribution in [3.05, 3.63) is 46.9 Å². The van der Waals surface area contributed by atoms with Gasteiger partial charge in [-0.1, -0.05) is 0 Å². The third-order valence-corrected chi connectivity index (χ3v) is 2.51. The molecule has 18 heavy (non-hydrogen) atoms. The van der Waals surface area contributed by atoms with Gasteiger partial charge >= 0.3 is 0 Å². The molecule has 0 fully saturated rings. The summed E-state index contributed by atoms with van der Waals surface area (Å²) in [6.07, 6.45) is 3.05. The lowest BCUT2D eigenvalue weighted by atomic mass is 10.2. The maximum atomic E-state index is 10.6. The van der Waals surface area contributed by atoms with Crippen molar-refractivity contribution in [1.82, 2.24) is 19.9 Å². The number of aromatic nitrogens is 4. The van der Waals surface area contributed by atoms with Crippen LogP contribution in [0.15, 0.2) is 36.8 Å². The lowest BCUT2D eigenvalue weighted by Crippen LogP contribution is -1.87. The van der Waals surface area contributed by atoms with Crippen LogP contribution >= 0.6 is 0 Å². The van der Waals surface area contributed by atoms with E-state index in [4.69, 9.17) is 0 Å². The predicted octanol–water partition coefficient (Wildman–Crippen LogP) is 1.93. The molecule has 2 aromatic heterocycles. The van der Waals surface area contributed by atoms with Crippen LogP contribution in [0.1, 0.15) is 0 Å². The normalized spacial score (nSPS) is 10.7. The monoisotopic (exact) mass is 241 g/mol. The number of nitrogens with zero attached hydrogens (tertiary/aromatic N) is 4. The molecule has 0 aliphatic rings. The number of H-pyrrole nitrogens is 1. The summed E-state index contributed by atoms with van der Waals surface area (Å²) in [7, 11) is 0. The molecule has 0 bridgehead atoms. The number of nitro groups is 1. The Bertz CT molecular complexity index is 687. The topological polar surface area (TPSA) is 97.6 Å². The minimum atomic E-state index is -0.437. The van der Waals surface area contributed by atoms with Crippen molar-refractivity contribution >= 4 is 16.9 Å². The van der Waals surface area contributed by atoms with E-state index in [-0.39, 0.29) is 5.69 Å². The Balaban J connectivity index is 2.06. The molecule has 3 rings (SSSR count). The molecule has 88 valence electrons. The highest BCUT2D eigenvalue weighted by Gasteiger charge is 2.08. The molecule has 0 atom stereocenters. The Morgan fingerprint density at radius 3 is 2.67 bits per heavy atom. The molecule has 0 saturated heterocycles. The Kier molecular flexibility index (Phi) is 2.23. The molecule has 0 amide bonds. The van der Waals surface area contributed by atoms with Crippen molar-refractivity contribution in [1.29, 1.82) is 0 Å². The van der Waals surface area contributed by atoms with Crippen molar-refractivity contribution in [3.63, 3.8) is 0 Å². The number of non-ortho nitro benzene ring substituents is 1. The van der Waals surface area contributed by atoms with Gasteiger partial charge in [-0.2, -0.15) is 0 Å². The second-order valence-electron chi connectivity index (χ2n) is 3.65. The average Bonchev–Trinajstić information content (AvgIpc) is 2.82. The molecule has 0 radical (unpaired) electrons. The molecule has 0 aliphatic heterocycles. The number of fused-ring (bicyclic) bond motifs is 1. The average molecular weight is 241 g/mol. The molecule has 1 N–H and O–H groups in total. The fourth-order valence-corrected chi connectivity index (χ4v) is 1.64. The molecule has 0 saturated carbocycles. The summed E-state index contributed by atoms with van der Waals surface area (Å²) < 4.78 is 0. The second-order valence-corrected chi connectivity index (χ2v) is 3.65. The molecular formula is C11H7N5O2. The molecule has 7 heteroatoms. The van der Waals surface area contributed by atoms with Gasteiger partial charge in [0.1, 0.15) is 17.7 Å². The first-order valence-electron chi connectivity index (χ1n) is 5.14. The van der Waals surface area contributed by atoms with Crippen molar-refractivity contribution in [2.45, 2.75) is 0 Å². The number of hydrogen-bond acceptors (Lipinski definition) is 5. The number of imidazole rings is 1. The largest absolute Gasteiger partial charge is 0.335 e. The van der Waals surface area contributed by atoms with E-state index in [1.807, 2.05) is 0 Å². The van der Waals surface area contributed by atoms with Crippen LogP contribution < -0.4 is 0 Å². The van der Waals surface area contributed by atoms with Gasteiger partial charge in [-0.25, -0.2) is 15.0 Å². The zero-order chi connectivity index (χ0) is 12.5. The molecule has 2 heterocycles. The van der Waals surface area contributed by atoms with Gasteiger partial charge in [0, 0.05) is 17.7 Å². The number of hydrogen-bond donors (Lipinski definition) is 1. The maximum absolute atomic E-state index is 10.6. The quantitative estimate of drug-likeness (QED) is 0.546. The first-order valence-corrected chi connectivity index (χ1v) is 5.14. The van der Waals surface area contributed by atoms with Crippen molar-refractivity contribution in [2.75, 3.05) is 0 Å². The van der Waals surface area contributed by atoms with Gasteiger partial charge in [0.15, 0.2) is 5.65 Å². The van der Waals surface area contributed by atoms with E-state index in [2.05, 4.69) is 19.9 Å². The first kappa shape index (κ1) is 10.3. The lowest BCUT2D eigenvalue weighted by Gasteiger charge is -1.95. The third kappa shape index (κ3) is 1.67. The highest BCUT2D eigenvalue weighted by molar-refractivity contribution is 5.74. The fraction of sp³-hybridized carbons (Fsp3) is 0. The first-order chi connectivity index (χ1) is 8.74. The summed E-state index contributed by atoms with van der Waals surface area (Å²) in [6, 6.07) is 6.16.